The molecule has 23 heavy (non-hydrogen) atoms. The minimum Gasteiger partial charge on any atom is -0.339 e. The number of carbonyl (C=O) groups is 3. The number of hydrogen-bond donors (Lipinski definition) is 0. The normalized spacial score (nSPS) is 22.4. The third-order valence-electron chi connectivity index (χ3n) is 4.32. The van der Waals surface area contributed by atoms with Gasteiger partial charge in [-0.15, -0.1) is 11.8 Å². The summed E-state index contributed by atoms with van der Waals surface area (Å²) in [4.78, 5) is 42.4. The third-order valence-corrected chi connectivity index (χ3v) is 5.33. The van der Waals surface area contributed by atoms with E-state index in [-0.39, 0.29) is 23.8 Å². The Balaban J connectivity index is 1.98. The van der Waals surface area contributed by atoms with Crippen molar-refractivity contribution in [3.63, 3.8) is 0 Å². The fourth-order valence-corrected chi connectivity index (χ4v) is 4.03. The van der Waals surface area contributed by atoms with Crippen molar-refractivity contribution in [1.82, 2.24) is 14.7 Å². The maximum absolute atomic E-state index is 12.8. The van der Waals surface area contributed by atoms with Crippen molar-refractivity contribution in [3.8, 4) is 0 Å². The van der Waals surface area contributed by atoms with Gasteiger partial charge in [0.1, 0.15) is 6.04 Å². The zero-order valence-electron chi connectivity index (χ0n) is 14.5. The van der Waals surface area contributed by atoms with Crippen LogP contribution in [-0.4, -0.2) is 76.3 Å². The standard InChI is InChI=1S/C16H27N3O3S/c1-5-13(20)17-6-8-18(9-7-17)14(21)12-10-23-11-19(12)15(22)16(2,3)4/h12H,5-11H2,1-4H3/t12-/m0/s1. The first kappa shape index (κ1) is 18.1. The summed E-state index contributed by atoms with van der Waals surface area (Å²) in [5, 5.41) is 0. The van der Waals surface area contributed by atoms with Crippen LogP contribution in [0.5, 0.6) is 0 Å². The Hall–Kier alpha value is -1.24. The number of rotatable bonds is 2. The molecule has 3 amide bonds. The first-order valence-corrected chi connectivity index (χ1v) is 9.36. The van der Waals surface area contributed by atoms with Crippen LogP contribution >= 0.6 is 11.8 Å². The van der Waals surface area contributed by atoms with Gasteiger partial charge in [-0.2, -0.15) is 0 Å². The van der Waals surface area contributed by atoms with Crippen molar-refractivity contribution in [3.05, 3.63) is 0 Å². The van der Waals surface area contributed by atoms with Crippen molar-refractivity contribution < 1.29 is 14.4 Å². The lowest BCUT2D eigenvalue weighted by molar-refractivity contribution is -0.149. The Kier molecular flexibility index (Phi) is 5.60. The molecule has 130 valence electrons. The Morgan fingerprint density at radius 2 is 1.61 bits per heavy atom. The lowest BCUT2D eigenvalue weighted by Crippen LogP contribution is -2.56. The van der Waals surface area contributed by atoms with Crippen molar-refractivity contribution in [2.45, 2.75) is 40.2 Å². The van der Waals surface area contributed by atoms with Crippen molar-refractivity contribution in [2.24, 2.45) is 5.41 Å². The summed E-state index contributed by atoms with van der Waals surface area (Å²) < 4.78 is 0. The second-order valence-electron chi connectivity index (χ2n) is 7.10. The second kappa shape index (κ2) is 7.11. The van der Waals surface area contributed by atoms with Crippen LogP contribution in [0.1, 0.15) is 34.1 Å². The number of carbonyl (C=O) groups excluding carboxylic acids is 3. The van der Waals surface area contributed by atoms with E-state index >= 15 is 0 Å². The monoisotopic (exact) mass is 341 g/mol. The quantitative estimate of drug-likeness (QED) is 0.752. The van der Waals surface area contributed by atoms with Crippen LogP contribution in [0.25, 0.3) is 0 Å². The van der Waals surface area contributed by atoms with Crippen LogP contribution in [0.3, 0.4) is 0 Å². The van der Waals surface area contributed by atoms with Gasteiger partial charge in [-0.05, 0) is 0 Å². The lowest BCUT2D eigenvalue weighted by Gasteiger charge is -2.38. The lowest BCUT2D eigenvalue weighted by atomic mass is 9.94. The summed E-state index contributed by atoms with van der Waals surface area (Å²) in [6.45, 7) is 9.80. The topological polar surface area (TPSA) is 60.9 Å². The van der Waals surface area contributed by atoms with E-state index in [1.54, 1.807) is 21.6 Å². The molecule has 0 aromatic carbocycles. The average molecular weight is 341 g/mol. The van der Waals surface area contributed by atoms with Gasteiger partial charge < -0.3 is 14.7 Å². The first-order valence-electron chi connectivity index (χ1n) is 8.21. The van der Waals surface area contributed by atoms with Crippen molar-refractivity contribution in [2.75, 3.05) is 37.8 Å². The van der Waals surface area contributed by atoms with Gasteiger partial charge in [-0.3, -0.25) is 14.4 Å². The molecule has 0 unspecified atom stereocenters. The van der Waals surface area contributed by atoms with Crippen LogP contribution < -0.4 is 0 Å². The highest BCUT2D eigenvalue weighted by Gasteiger charge is 2.41. The predicted octanol–water partition coefficient (Wildman–Crippen LogP) is 1.01. The zero-order chi connectivity index (χ0) is 17.2. The molecular weight excluding hydrogens is 314 g/mol. The van der Waals surface area contributed by atoms with Gasteiger partial charge in [0.25, 0.3) is 0 Å². The van der Waals surface area contributed by atoms with E-state index in [4.69, 9.17) is 0 Å². The molecule has 2 saturated heterocycles. The number of amides is 3. The van der Waals surface area contributed by atoms with Gasteiger partial charge in [0, 0.05) is 43.8 Å². The van der Waals surface area contributed by atoms with Crippen molar-refractivity contribution in [1.29, 1.82) is 0 Å². The highest BCUT2D eigenvalue weighted by atomic mass is 32.2. The minimum absolute atomic E-state index is 0.0243. The van der Waals surface area contributed by atoms with Crippen LogP contribution in [-0.2, 0) is 14.4 Å². The average Bonchev–Trinajstić information content (AvgIpc) is 3.01. The number of piperazine rings is 1. The SMILES string of the molecule is CCC(=O)N1CCN(C(=O)[C@@H]2CSCN2C(=O)C(C)(C)C)CC1. The smallest absolute Gasteiger partial charge is 0.246 e. The Bertz CT molecular complexity index is 481. The molecule has 0 aliphatic carbocycles. The molecule has 7 heteroatoms. The summed E-state index contributed by atoms with van der Waals surface area (Å²) in [5.74, 6) is 1.44. The fourth-order valence-electron chi connectivity index (χ4n) is 2.89. The van der Waals surface area contributed by atoms with Crippen LogP contribution in [0.15, 0.2) is 0 Å². The zero-order valence-corrected chi connectivity index (χ0v) is 15.3. The number of hydrogen-bond acceptors (Lipinski definition) is 4. The van der Waals surface area contributed by atoms with Crippen LogP contribution in [0, 0.1) is 5.41 Å². The Morgan fingerprint density at radius 3 is 2.13 bits per heavy atom. The molecule has 0 N–H and O–H groups in total. The molecule has 0 bridgehead atoms. The van der Waals surface area contributed by atoms with E-state index in [9.17, 15) is 14.4 Å². The molecule has 2 aliphatic heterocycles. The third kappa shape index (κ3) is 4.00. The van der Waals surface area contributed by atoms with E-state index in [2.05, 4.69) is 0 Å². The number of thioether (sulfide) groups is 1. The molecule has 1 atom stereocenters. The molecule has 2 heterocycles. The van der Waals surface area contributed by atoms with Gasteiger partial charge in [0.2, 0.25) is 17.7 Å². The van der Waals surface area contributed by atoms with E-state index in [0.29, 0.717) is 44.2 Å². The van der Waals surface area contributed by atoms with Gasteiger partial charge in [-0.25, -0.2) is 0 Å². The van der Waals surface area contributed by atoms with Crippen LogP contribution in [0.4, 0.5) is 0 Å². The Morgan fingerprint density at radius 1 is 1.04 bits per heavy atom. The summed E-state index contributed by atoms with van der Waals surface area (Å²) in [6.07, 6.45) is 0.501. The van der Waals surface area contributed by atoms with E-state index < -0.39 is 5.41 Å². The highest BCUT2D eigenvalue weighted by molar-refractivity contribution is 7.99. The largest absolute Gasteiger partial charge is 0.339 e. The second-order valence-corrected chi connectivity index (χ2v) is 8.10. The number of nitrogens with zero attached hydrogens (tertiary/aromatic N) is 3. The predicted molar refractivity (Wildman–Crippen MR) is 90.9 cm³/mol. The van der Waals surface area contributed by atoms with E-state index in [1.165, 1.54) is 0 Å². The van der Waals surface area contributed by atoms with Gasteiger partial charge in [0.15, 0.2) is 0 Å². The van der Waals surface area contributed by atoms with E-state index in [0.717, 1.165) is 0 Å². The van der Waals surface area contributed by atoms with Crippen LogP contribution in [0.2, 0.25) is 0 Å². The van der Waals surface area contributed by atoms with Gasteiger partial charge in [0.05, 0.1) is 5.88 Å². The molecule has 0 aromatic rings. The molecule has 2 rings (SSSR count). The summed E-state index contributed by atoms with van der Waals surface area (Å²) >= 11 is 1.63. The molecule has 0 saturated carbocycles. The molecule has 2 aliphatic rings. The molecule has 0 aromatic heterocycles. The van der Waals surface area contributed by atoms with Gasteiger partial charge in [-0.1, -0.05) is 27.7 Å². The summed E-state index contributed by atoms with van der Waals surface area (Å²) in [5.41, 5.74) is -0.477. The maximum Gasteiger partial charge on any atom is 0.246 e. The molecule has 6 nitrogen and oxygen atoms in total. The highest BCUT2D eigenvalue weighted by Crippen LogP contribution is 2.28. The summed E-state index contributed by atoms with van der Waals surface area (Å²) in [6, 6.07) is -0.361. The van der Waals surface area contributed by atoms with Crippen molar-refractivity contribution >= 4 is 29.5 Å². The molecular formula is C16H27N3O3S. The first-order chi connectivity index (χ1) is 10.8. The Labute approximate surface area is 142 Å². The van der Waals surface area contributed by atoms with Gasteiger partial charge >= 0.3 is 0 Å². The minimum atomic E-state index is -0.477. The molecule has 0 spiro atoms. The van der Waals surface area contributed by atoms with E-state index in [1.807, 2.05) is 32.6 Å². The molecule has 0 radical (unpaired) electrons. The molecule has 2 fully saturated rings. The maximum atomic E-state index is 12.8. The fraction of sp³-hybridized carbons (Fsp3) is 0.812. The summed E-state index contributed by atoms with van der Waals surface area (Å²) in [7, 11) is 0.